The summed E-state index contributed by atoms with van der Waals surface area (Å²) in [5.74, 6) is -0.434. The van der Waals surface area contributed by atoms with Gasteiger partial charge in [0, 0.05) is 32.1 Å². The largest absolute Gasteiger partial charge is 0.469 e. The lowest BCUT2D eigenvalue weighted by molar-refractivity contribution is -0.141. The lowest BCUT2D eigenvalue weighted by atomic mass is 10.1. The van der Waals surface area contributed by atoms with Crippen LogP contribution in [0.4, 0.5) is 0 Å². The maximum absolute atomic E-state index is 10.9. The third kappa shape index (κ3) is 113. The molecule has 0 rings (SSSR count). The first kappa shape index (κ1) is 107. The monoisotopic (exact) mass is 1460 g/mol. The summed E-state index contributed by atoms with van der Waals surface area (Å²) in [6.45, 7) is 10.8. The van der Waals surface area contributed by atoms with Crippen LogP contribution in [0.15, 0.2) is 182 Å². The molecule has 10 heteroatoms. The number of carbonyl (C=O) groups is 5. The van der Waals surface area contributed by atoms with E-state index in [2.05, 4.69) is 241 Å². The van der Waals surface area contributed by atoms with Crippen LogP contribution in [0, 0.1) is 0 Å². The number of hydrogen-bond donors (Lipinski definition) is 0. The zero-order chi connectivity index (χ0) is 78.0. The van der Waals surface area contributed by atoms with Crippen molar-refractivity contribution in [2.75, 3.05) is 35.5 Å². The molecule has 0 saturated heterocycles. The van der Waals surface area contributed by atoms with Gasteiger partial charge in [0.15, 0.2) is 0 Å². The number of unbranched alkanes of at least 4 members (excludes halogenated alkanes) is 25. The van der Waals surface area contributed by atoms with E-state index in [9.17, 15) is 24.0 Å². The SMILES string of the molecule is CC/C=C/C/C=C/C/C=C/CCCCCCCC(=O)OC.CC/C=C/C/C=C/C/C=C/CCCCCCCC(=O)OC.CC/C=C/C/C=C/C/C=C/CCCCCCCC(=O)OC.CC/C=C/C/C=C/C/C=C/CCCCCCCC(=O)OC.CC/C=C/C/C=C/C/C=C/CCCCCCCC(=O)OC. The molecule has 0 heterocycles. The number of methoxy groups -OCH3 is 5. The van der Waals surface area contributed by atoms with Crippen molar-refractivity contribution in [1.29, 1.82) is 0 Å². The zero-order valence-electron chi connectivity index (χ0n) is 69.3. The van der Waals surface area contributed by atoms with Crippen LogP contribution >= 0.6 is 0 Å². The van der Waals surface area contributed by atoms with Crippen LogP contribution in [0.5, 0.6) is 0 Å². The number of ether oxygens (including phenoxy) is 5. The Hall–Kier alpha value is -6.55. The highest BCUT2D eigenvalue weighted by Gasteiger charge is 2.03. The van der Waals surface area contributed by atoms with Crippen molar-refractivity contribution in [3.63, 3.8) is 0 Å². The van der Waals surface area contributed by atoms with Crippen molar-refractivity contribution >= 4 is 29.8 Å². The van der Waals surface area contributed by atoms with Crippen LogP contribution in [0.3, 0.4) is 0 Å². The van der Waals surface area contributed by atoms with Gasteiger partial charge in [-0.2, -0.15) is 0 Å². The van der Waals surface area contributed by atoms with E-state index in [1.165, 1.54) is 164 Å². The predicted octanol–water partition coefficient (Wildman–Crippen LogP) is 28.7. The molecule has 0 radical (unpaired) electrons. The first-order valence-corrected chi connectivity index (χ1v) is 41.6. The second-order valence-electron chi connectivity index (χ2n) is 25.9. The Labute approximate surface area is 647 Å². The Morgan fingerprint density at radius 2 is 0.276 bits per heavy atom. The second kappa shape index (κ2) is 104. The van der Waals surface area contributed by atoms with Crippen molar-refractivity contribution in [2.24, 2.45) is 0 Å². The molecule has 600 valence electrons. The summed E-state index contributed by atoms with van der Waals surface area (Å²) >= 11 is 0. The molecule has 0 bridgehead atoms. The summed E-state index contributed by atoms with van der Waals surface area (Å²) in [4.78, 5) is 54.5. The van der Waals surface area contributed by atoms with E-state index in [4.69, 9.17) is 0 Å². The van der Waals surface area contributed by atoms with Crippen LogP contribution in [0.25, 0.3) is 0 Å². The van der Waals surface area contributed by atoms with Gasteiger partial charge in [-0.05, 0) is 193 Å². The van der Waals surface area contributed by atoms with Crippen LogP contribution in [0.2, 0.25) is 0 Å². The molecule has 0 aliphatic rings. The first-order chi connectivity index (χ1) is 51.5. The average molecular weight is 1460 g/mol. The molecule has 0 unspecified atom stereocenters. The van der Waals surface area contributed by atoms with E-state index >= 15 is 0 Å². The van der Waals surface area contributed by atoms with Gasteiger partial charge >= 0.3 is 29.8 Å². The third-order valence-corrected chi connectivity index (χ3v) is 16.3. The second-order valence-corrected chi connectivity index (χ2v) is 25.9. The maximum Gasteiger partial charge on any atom is 0.305 e. The molecule has 0 aromatic carbocycles. The summed E-state index contributed by atoms with van der Waals surface area (Å²) in [6.07, 6.45) is 121. The van der Waals surface area contributed by atoms with Gasteiger partial charge in [-0.25, -0.2) is 0 Å². The van der Waals surface area contributed by atoms with Crippen molar-refractivity contribution in [2.45, 2.75) is 356 Å². The van der Waals surface area contributed by atoms with Crippen molar-refractivity contribution in [3.8, 4) is 0 Å². The van der Waals surface area contributed by atoms with E-state index in [0.29, 0.717) is 32.1 Å². The van der Waals surface area contributed by atoms with Gasteiger partial charge in [0.1, 0.15) is 0 Å². The Kier molecular flexibility index (Phi) is 106. The van der Waals surface area contributed by atoms with E-state index < -0.39 is 0 Å². The minimum absolute atomic E-state index is 0.0869. The molecule has 105 heavy (non-hydrogen) atoms. The van der Waals surface area contributed by atoms with Gasteiger partial charge in [0.25, 0.3) is 0 Å². The molecule has 0 aromatic heterocycles. The average Bonchev–Trinajstić information content (AvgIpc) is 3.77. The molecule has 0 aliphatic carbocycles. The van der Waals surface area contributed by atoms with Crippen LogP contribution < -0.4 is 0 Å². The molecular weight excluding hydrogens is 1300 g/mol. The molecule has 0 aliphatic heterocycles. The van der Waals surface area contributed by atoms with Gasteiger partial charge in [-0.3, -0.25) is 24.0 Å². The Balaban J connectivity index is -0.000000397. The zero-order valence-corrected chi connectivity index (χ0v) is 69.3. The molecule has 0 N–H and O–H groups in total. The third-order valence-electron chi connectivity index (χ3n) is 16.3. The lowest BCUT2D eigenvalue weighted by Gasteiger charge is -1.99. The molecule has 0 saturated carbocycles. The number of allylic oxidation sites excluding steroid dienone is 30. The maximum atomic E-state index is 10.9. The highest BCUT2D eigenvalue weighted by atomic mass is 16.5. The highest BCUT2D eigenvalue weighted by molar-refractivity contribution is 5.70. The van der Waals surface area contributed by atoms with Crippen molar-refractivity contribution in [3.05, 3.63) is 182 Å². The summed E-state index contributed by atoms with van der Waals surface area (Å²) < 4.78 is 23.1. The fourth-order valence-corrected chi connectivity index (χ4v) is 9.95. The number of esters is 5. The Bertz CT molecular complexity index is 1940. The Morgan fingerprint density at radius 3 is 0.410 bits per heavy atom. The molecule has 0 amide bonds. The molecule has 0 fully saturated rings. The van der Waals surface area contributed by atoms with E-state index in [1.807, 2.05) is 0 Å². The van der Waals surface area contributed by atoms with Crippen LogP contribution in [-0.2, 0) is 47.7 Å². The quantitative estimate of drug-likeness (QED) is 0.0251. The fraction of sp³-hybridized carbons (Fsp3) is 0.632. The van der Waals surface area contributed by atoms with Gasteiger partial charge < -0.3 is 23.7 Å². The fourth-order valence-electron chi connectivity index (χ4n) is 9.95. The van der Waals surface area contributed by atoms with E-state index in [0.717, 1.165) is 161 Å². The molecule has 0 aromatic rings. The smallest absolute Gasteiger partial charge is 0.305 e. The topological polar surface area (TPSA) is 132 Å². The normalized spacial score (nSPS) is 11.9. The highest BCUT2D eigenvalue weighted by Crippen LogP contribution is 2.14. The summed E-state index contributed by atoms with van der Waals surface area (Å²) in [6, 6.07) is 0. The van der Waals surface area contributed by atoms with E-state index in [-0.39, 0.29) is 29.8 Å². The minimum Gasteiger partial charge on any atom is -0.469 e. The summed E-state index contributed by atoms with van der Waals surface area (Å²) in [7, 11) is 7.25. The standard InChI is InChI=1S/5C19H32O2/c5*1-3-4-5-6-7-8-9-10-11-12-13-14-15-16-17-18-19(20)21-2/h5*4-5,7-8,10-11H,3,6,9,12-18H2,1-2H3/b5*5-4+,8-7+,11-10+. The lowest BCUT2D eigenvalue weighted by Crippen LogP contribution is -1.98. The van der Waals surface area contributed by atoms with Crippen molar-refractivity contribution < 1.29 is 47.7 Å². The van der Waals surface area contributed by atoms with Gasteiger partial charge in [-0.1, -0.05) is 313 Å². The van der Waals surface area contributed by atoms with Gasteiger partial charge in [0.2, 0.25) is 0 Å². The molecule has 0 spiro atoms. The Morgan fingerprint density at radius 1 is 0.162 bits per heavy atom. The molecule has 10 nitrogen and oxygen atoms in total. The summed E-state index contributed by atoms with van der Waals surface area (Å²) in [5.41, 5.74) is 0. The number of hydrogen-bond acceptors (Lipinski definition) is 10. The van der Waals surface area contributed by atoms with Gasteiger partial charge in [-0.15, -0.1) is 0 Å². The van der Waals surface area contributed by atoms with Gasteiger partial charge in [0.05, 0.1) is 35.5 Å². The van der Waals surface area contributed by atoms with Crippen LogP contribution in [0.1, 0.15) is 356 Å². The summed E-state index contributed by atoms with van der Waals surface area (Å²) in [5, 5.41) is 0. The van der Waals surface area contributed by atoms with E-state index in [1.54, 1.807) is 0 Å². The molecule has 0 atom stereocenters. The first-order valence-electron chi connectivity index (χ1n) is 41.6. The minimum atomic E-state index is -0.0869. The number of carbonyl (C=O) groups excluding carboxylic acids is 5. The molecular formula is C95H160O10. The van der Waals surface area contributed by atoms with Crippen molar-refractivity contribution in [1.82, 2.24) is 0 Å². The predicted molar refractivity (Wildman–Crippen MR) is 456 cm³/mol. The van der Waals surface area contributed by atoms with Crippen LogP contribution in [-0.4, -0.2) is 65.4 Å². The number of rotatable bonds is 65.